The number of imide groups is 1. The number of nitrogens with zero attached hydrogens (tertiary/aromatic N) is 1. The number of carbonyl (C=O) groups is 3. The molecule has 14 heteroatoms. The zero-order valence-electron chi connectivity index (χ0n) is 24.0. The van der Waals surface area contributed by atoms with Gasteiger partial charge in [0, 0.05) is 36.8 Å². The van der Waals surface area contributed by atoms with Crippen molar-refractivity contribution in [2.24, 2.45) is 29.6 Å². The molecule has 6 unspecified atom stereocenters. The van der Waals surface area contributed by atoms with E-state index in [1.807, 2.05) is 12.1 Å². The number of anilines is 2. The van der Waals surface area contributed by atoms with Gasteiger partial charge in [0.2, 0.25) is 11.8 Å². The SMILES string of the molecule is O=C(COc1ccc(Br)cc1[C@H]1c2sc(=O)[nH]c2SC2C3CC(C4C(=O)N(c5ccc(Cl)cc5)C(=O)C34)C21)Nc1ccc(Cl)c(Cl)c1. The number of H-pyrrole nitrogens is 1. The molecule has 3 fully saturated rings. The van der Waals surface area contributed by atoms with E-state index in [2.05, 4.69) is 26.2 Å². The van der Waals surface area contributed by atoms with Crippen molar-refractivity contribution >= 4 is 103 Å². The van der Waals surface area contributed by atoms with E-state index in [-0.39, 0.29) is 58.1 Å². The van der Waals surface area contributed by atoms with E-state index in [4.69, 9.17) is 39.5 Å². The number of carbonyl (C=O) groups excluding carboxylic acids is 3. The maximum absolute atomic E-state index is 14.0. The molecule has 1 saturated heterocycles. The van der Waals surface area contributed by atoms with Crippen LogP contribution in [0.2, 0.25) is 15.1 Å². The third kappa shape index (κ3) is 5.25. The van der Waals surface area contributed by atoms with E-state index in [0.717, 1.165) is 37.7 Å². The van der Waals surface area contributed by atoms with Crippen molar-refractivity contribution in [1.29, 1.82) is 0 Å². The van der Waals surface area contributed by atoms with Crippen molar-refractivity contribution in [3.05, 3.63) is 100 Å². The molecule has 4 aromatic rings. The van der Waals surface area contributed by atoms with Crippen molar-refractivity contribution in [3.63, 3.8) is 0 Å². The predicted molar refractivity (Wildman–Crippen MR) is 187 cm³/mol. The summed E-state index contributed by atoms with van der Waals surface area (Å²) in [6.45, 7) is -0.277. The average molecular weight is 792 g/mol. The molecule has 47 heavy (non-hydrogen) atoms. The Morgan fingerprint density at radius 2 is 1.70 bits per heavy atom. The van der Waals surface area contributed by atoms with Gasteiger partial charge in [-0.15, -0.1) is 11.8 Å². The molecule has 0 spiro atoms. The molecule has 3 heterocycles. The van der Waals surface area contributed by atoms with Gasteiger partial charge in [0.1, 0.15) is 5.75 Å². The summed E-state index contributed by atoms with van der Waals surface area (Å²) in [6.07, 6.45) is 0.746. The van der Waals surface area contributed by atoms with E-state index in [1.165, 1.54) is 4.90 Å². The molecule has 3 aromatic carbocycles. The minimum absolute atomic E-state index is 0.00398. The Kier molecular flexibility index (Phi) is 8.01. The molecule has 2 aliphatic carbocycles. The minimum Gasteiger partial charge on any atom is -0.483 e. The van der Waals surface area contributed by atoms with Crippen LogP contribution in [0, 0.1) is 29.6 Å². The Bertz CT molecular complexity index is 2040. The lowest BCUT2D eigenvalue weighted by molar-refractivity contribution is -0.123. The Morgan fingerprint density at radius 3 is 2.45 bits per heavy atom. The summed E-state index contributed by atoms with van der Waals surface area (Å²) in [5.74, 6) is -1.60. The molecular formula is C33H23BrCl3N3O5S2. The molecule has 2 bridgehead atoms. The third-order valence-electron chi connectivity index (χ3n) is 9.68. The van der Waals surface area contributed by atoms with Crippen LogP contribution in [0.15, 0.2) is 75.0 Å². The summed E-state index contributed by atoms with van der Waals surface area (Å²) in [5, 5.41) is 4.78. The fourth-order valence-corrected chi connectivity index (χ4v) is 11.7. The van der Waals surface area contributed by atoms with Gasteiger partial charge in [0.25, 0.3) is 5.91 Å². The number of aromatic amines is 1. The number of rotatable bonds is 6. The Labute approximate surface area is 300 Å². The molecule has 8 rings (SSSR count). The lowest BCUT2D eigenvalue weighted by Crippen LogP contribution is -2.42. The zero-order chi connectivity index (χ0) is 32.7. The van der Waals surface area contributed by atoms with E-state index in [0.29, 0.717) is 32.2 Å². The number of halogens is 4. The summed E-state index contributed by atoms with van der Waals surface area (Å²) in [6, 6.07) is 17.2. The number of amides is 3. The molecule has 0 radical (unpaired) electrons. The van der Waals surface area contributed by atoms with Crippen molar-refractivity contribution in [2.45, 2.75) is 22.6 Å². The van der Waals surface area contributed by atoms with Crippen LogP contribution >= 0.6 is 73.8 Å². The standard InChI is InChI=1S/C33H23BrCl3N3O5S2/c34-13-1-8-22(45-12-23(41)38-15-4-7-20(36)21(37)10-15)17(9-13)24-25-18-11-19(28(25)46-30-29(24)47-33(44)39-30)27-26(18)31(42)40(32(27)43)16-5-2-14(35)3-6-16/h1-10,18-19,24-28H,11-12H2,(H,38,41)(H,39,44)/t18?,19?,24-,25?,26?,27?,28?/m1/s1. The van der Waals surface area contributed by atoms with Gasteiger partial charge in [-0.2, -0.15) is 0 Å². The molecule has 7 atom stereocenters. The monoisotopic (exact) mass is 789 g/mol. The highest BCUT2D eigenvalue weighted by Crippen LogP contribution is 2.69. The number of hydrogen-bond donors (Lipinski definition) is 2. The van der Waals surface area contributed by atoms with Crippen molar-refractivity contribution < 1.29 is 19.1 Å². The van der Waals surface area contributed by atoms with Crippen LogP contribution in [-0.2, 0) is 14.4 Å². The first-order chi connectivity index (χ1) is 22.6. The molecular weight excluding hydrogens is 769 g/mol. The number of benzene rings is 3. The Morgan fingerprint density at radius 1 is 0.957 bits per heavy atom. The second kappa shape index (κ2) is 12.0. The number of ether oxygens (including phenoxy) is 1. The summed E-state index contributed by atoms with van der Waals surface area (Å²) in [4.78, 5) is 58.7. The second-order valence-electron chi connectivity index (χ2n) is 12.1. The molecule has 4 aliphatic rings. The van der Waals surface area contributed by atoms with Gasteiger partial charge in [0.05, 0.1) is 32.6 Å². The van der Waals surface area contributed by atoms with E-state index >= 15 is 0 Å². The quantitative estimate of drug-likeness (QED) is 0.193. The molecule has 8 nitrogen and oxygen atoms in total. The third-order valence-corrected chi connectivity index (χ3v) is 13.8. The highest BCUT2D eigenvalue weighted by molar-refractivity contribution is 9.10. The molecule has 1 aromatic heterocycles. The summed E-state index contributed by atoms with van der Waals surface area (Å²) >= 11 is 24.6. The number of thioether (sulfide) groups is 1. The van der Waals surface area contributed by atoms with Crippen LogP contribution in [0.3, 0.4) is 0 Å². The van der Waals surface area contributed by atoms with E-state index < -0.39 is 11.8 Å². The molecule has 3 amide bonds. The molecule has 240 valence electrons. The number of aromatic nitrogens is 1. The van der Waals surface area contributed by atoms with Crippen LogP contribution in [0.25, 0.3) is 0 Å². The molecule has 2 N–H and O–H groups in total. The fraction of sp³-hybridized carbons (Fsp3) is 0.273. The Balaban J connectivity index is 1.13. The number of fused-ring (bicyclic) bond motifs is 9. The summed E-state index contributed by atoms with van der Waals surface area (Å²) in [7, 11) is 0. The summed E-state index contributed by atoms with van der Waals surface area (Å²) in [5.41, 5.74) is 1.82. The van der Waals surface area contributed by atoms with E-state index in [1.54, 1.807) is 60.3 Å². The highest BCUT2D eigenvalue weighted by atomic mass is 79.9. The highest BCUT2D eigenvalue weighted by Gasteiger charge is 2.69. The maximum atomic E-state index is 14.0. The average Bonchev–Trinajstić information content (AvgIpc) is 3.78. The minimum atomic E-state index is -0.460. The van der Waals surface area contributed by atoms with Crippen LogP contribution in [0.5, 0.6) is 5.75 Å². The van der Waals surface area contributed by atoms with Gasteiger partial charge >= 0.3 is 4.87 Å². The molecule has 2 saturated carbocycles. The Hall–Kier alpha value is -2.80. The van der Waals surface area contributed by atoms with Crippen LogP contribution in [0.1, 0.15) is 22.8 Å². The lowest BCUT2D eigenvalue weighted by Gasteiger charge is -2.43. The van der Waals surface area contributed by atoms with E-state index in [9.17, 15) is 19.2 Å². The lowest BCUT2D eigenvalue weighted by atomic mass is 9.68. The normalized spacial score (nSPS) is 27.1. The fourth-order valence-electron chi connectivity index (χ4n) is 8.02. The molecule has 2 aliphatic heterocycles. The van der Waals surface area contributed by atoms with Gasteiger partial charge in [-0.3, -0.25) is 24.1 Å². The largest absolute Gasteiger partial charge is 0.483 e. The number of nitrogens with one attached hydrogen (secondary N) is 2. The van der Waals surface area contributed by atoms with Crippen molar-refractivity contribution in [1.82, 2.24) is 4.98 Å². The van der Waals surface area contributed by atoms with Gasteiger partial charge in [0.15, 0.2) is 6.61 Å². The number of thiazole rings is 1. The number of hydrogen-bond acceptors (Lipinski definition) is 7. The van der Waals surface area contributed by atoms with Gasteiger partial charge in [-0.1, -0.05) is 62.1 Å². The van der Waals surface area contributed by atoms with Crippen LogP contribution in [-0.4, -0.2) is 34.6 Å². The smallest absolute Gasteiger partial charge is 0.305 e. The zero-order valence-corrected chi connectivity index (χ0v) is 29.5. The van der Waals surface area contributed by atoms with Crippen molar-refractivity contribution in [3.8, 4) is 5.75 Å². The van der Waals surface area contributed by atoms with Gasteiger partial charge in [-0.25, -0.2) is 0 Å². The first-order valence-corrected chi connectivity index (χ1v) is 18.4. The van der Waals surface area contributed by atoms with Crippen LogP contribution in [0.4, 0.5) is 11.4 Å². The first kappa shape index (κ1) is 31.5. The van der Waals surface area contributed by atoms with Gasteiger partial charge < -0.3 is 15.0 Å². The van der Waals surface area contributed by atoms with Gasteiger partial charge in [-0.05, 0) is 84.8 Å². The maximum Gasteiger partial charge on any atom is 0.305 e. The topological polar surface area (TPSA) is 109 Å². The second-order valence-corrected chi connectivity index (χ2v) is 16.5. The summed E-state index contributed by atoms with van der Waals surface area (Å²) < 4.78 is 6.98. The van der Waals surface area contributed by atoms with Crippen molar-refractivity contribution in [2.75, 3.05) is 16.8 Å². The van der Waals surface area contributed by atoms with Crippen LogP contribution < -0.4 is 19.8 Å². The first-order valence-electron chi connectivity index (χ1n) is 14.8. The predicted octanol–water partition coefficient (Wildman–Crippen LogP) is 7.85.